The molecule has 0 aliphatic carbocycles. The Morgan fingerprint density at radius 1 is 0.708 bits per heavy atom. The van der Waals surface area contributed by atoms with Crippen LogP contribution in [-0.2, 0) is 4.79 Å². The first-order chi connectivity index (χ1) is 11.8. The number of aryl methyl sites for hydroxylation is 1. The molecular weight excluding hydrogens is 294 g/mol. The van der Waals surface area contributed by atoms with Crippen molar-refractivity contribution in [1.29, 1.82) is 0 Å². The van der Waals surface area contributed by atoms with Crippen LogP contribution in [-0.4, -0.2) is 5.91 Å². The number of nitrogens with zero attached hydrogens (tertiary/aromatic N) is 1. The Morgan fingerprint density at radius 3 is 1.92 bits per heavy atom. The molecule has 1 fully saturated rings. The van der Waals surface area contributed by atoms with Crippen molar-refractivity contribution in [1.82, 2.24) is 0 Å². The maximum Gasteiger partial charge on any atom is 0.237 e. The highest BCUT2D eigenvalue weighted by Gasteiger charge is 2.49. The molecule has 0 N–H and O–H groups in total. The van der Waals surface area contributed by atoms with E-state index < -0.39 is 0 Å². The lowest BCUT2D eigenvalue weighted by atomic mass is 9.77. The summed E-state index contributed by atoms with van der Waals surface area (Å²) in [6.45, 7) is 2.07. The van der Waals surface area contributed by atoms with E-state index in [4.69, 9.17) is 0 Å². The fourth-order valence-corrected chi connectivity index (χ4v) is 3.46. The normalized spacial score (nSPS) is 19.9. The summed E-state index contributed by atoms with van der Waals surface area (Å²) >= 11 is 0. The molecule has 1 saturated heterocycles. The first-order valence-electron chi connectivity index (χ1n) is 8.25. The molecule has 0 aromatic heterocycles. The van der Waals surface area contributed by atoms with Gasteiger partial charge in [0.25, 0.3) is 0 Å². The van der Waals surface area contributed by atoms with Crippen LogP contribution in [0.4, 0.5) is 5.69 Å². The molecule has 3 aromatic rings. The zero-order valence-electron chi connectivity index (χ0n) is 13.6. The van der Waals surface area contributed by atoms with Crippen molar-refractivity contribution in [2.75, 3.05) is 4.90 Å². The summed E-state index contributed by atoms with van der Waals surface area (Å²) in [6.07, 6.45) is 0. The summed E-state index contributed by atoms with van der Waals surface area (Å²) < 4.78 is 0. The second-order valence-electron chi connectivity index (χ2n) is 6.29. The van der Waals surface area contributed by atoms with E-state index in [2.05, 4.69) is 43.3 Å². The predicted molar refractivity (Wildman–Crippen MR) is 97.0 cm³/mol. The third-order valence-electron chi connectivity index (χ3n) is 4.71. The Hall–Kier alpha value is -2.87. The van der Waals surface area contributed by atoms with Crippen molar-refractivity contribution in [3.05, 3.63) is 102 Å². The summed E-state index contributed by atoms with van der Waals surface area (Å²) in [4.78, 5) is 14.9. The van der Waals surface area contributed by atoms with Gasteiger partial charge in [0.05, 0.1) is 12.0 Å². The van der Waals surface area contributed by atoms with Gasteiger partial charge in [-0.2, -0.15) is 0 Å². The van der Waals surface area contributed by atoms with E-state index in [1.165, 1.54) is 11.1 Å². The molecule has 1 aliphatic rings. The highest BCUT2D eigenvalue weighted by molar-refractivity contribution is 6.06. The van der Waals surface area contributed by atoms with E-state index in [1.807, 2.05) is 53.4 Å². The van der Waals surface area contributed by atoms with Crippen LogP contribution in [0.3, 0.4) is 0 Å². The average molecular weight is 313 g/mol. The van der Waals surface area contributed by atoms with E-state index in [1.54, 1.807) is 0 Å². The Kier molecular flexibility index (Phi) is 3.66. The minimum absolute atomic E-state index is 0.0452. The molecule has 4 rings (SSSR count). The van der Waals surface area contributed by atoms with Crippen molar-refractivity contribution in [3.8, 4) is 0 Å². The number of carbonyl (C=O) groups excluding carboxylic acids is 1. The van der Waals surface area contributed by atoms with Crippen LogP contribution in [0.1, 0.15) is 28.7 Å². The molecule has 2 heteroatoms. The number of para-hydroxylation sites is 1. The van der Waals surface area contributed by atoms with Crippen LogP contribution in [0.25, 0.3) is 0 Å². The van der Waals surface area contributed by atoms with Crippen molar-refractivity contribution < 1.29 is 4.79 Å². The number of β-lactam (4-membered cyclic amide) rings is 1. The summed E-state index contributed by atoms with van der Waals surface area (Å²) in [5.74, 6) is 0.0483. The molecule has 2 nitrogen and oxygen atoms in total. The zero-order chi connectivity index (χ0) is 16.5. The minimum atomic E-state index is -0.117. The first-order valence-corrected chi connectivity index (χ1v) is 8.25. The number of hydrogen-bond acceptors (Lipinski definition) is 1. The van der Waals surface area contributed by atoms with Gasteiger partial charge in [-0.15, -0.1) is 0 Å². The van der Waals surface area contributed by atoms with Gasteiger partial charge in [-0.3, -0.25) is 4.79 Å². The van der Waals surface area contributed by atoms with Crippen molar-refractivity contribution >= 4 is 11.6 Å². The highest BCUT2D eigenvalue weighted by Crippen LogP contribution is 2.48. The Labute approximate surface area is 142 Å². The summed E-state index contributed by atoms with van der Waals surface area (Å²) in [6, 6.07) is 28.6. The molecule has 0 bridgehead atoms. The molecular formula is C22H19NO. The standard InChI is InChI=1S/C22H19NO/c1-16-12-14-17(15-13-16)20-21(18-8-4-2-5-9-18)23(22(20)24)19-10-6-3-7-11-19/h2-15,20-21H,1H3/t20-,21+/m0/s1. The van der Waals surface area contributed by atoms with Crippen molar-refractivity contribution in [2.45, 2.75) is 18.9 Å². The lowest BCUT2D eigenvalue weighted by Gasteiger charge is -2.47. The Balaban J connectivity index is 1.77. The van der Waals surface area contributed by atoms with Crippen LogP contribution in [0.5, 0.6) is 0 Å². The monoisotopic (exact) mass is 313 g/mol. The molecule has 118 valence electrons. The number of rotatable bonds is 3. The fraction of sp³-hybridized carbons (Fsp3) is 0.136. The Bertz CT molecular complexity index is 840. The average Bonchev–Trinajstić information content (AvgIpc) is 2.63. The van der Waals surface area contributed by atoms with Gasteiger partial charge in [0.2, 0.25) is 5.91 Å². The zero-order valence-corrected chi connectivity index (χ0v) is 13.6. The molecule has 3 aromatic carbocycles. The lowest BCUT2D eigenvalue weighted by Crippen LogP contribution is -2.53. The second kappa shape index (κ2) is 5.97. The summed E-state index contributed by atoms with van der Waals surface area (Å²) in [5, 5.41) is 0. The molecule has 1 aliphatic heterocycles. The van der Waals surface area contributed by atoms with Gasteiger partial charge >= 0.3 is 0 Å². The molecule has 0 unspecified atom stereocenters. The molecule has 2 atom stereocenters. The van der Waals surface area contributed by atoms with Crippen molar-refractivity contribution in [2.24, 2.45) is 0 Å². The van der Waals surface area contributed by atoms with Crippen molar-refractivity contribution in [3.63, 3.8) is 0 Å². The number of amides is 1. The molecule has 24 heavy (non-hydrogen) atoms. The minimum Gasteiger partial charge on any atom is -0.303 e. The first kappa shape index (κ1) is 14.7. The van der Waals surface area contributed by atoms with Gasteiger partial charge < -0.3 is 4.90 Å². The van der Waals surface area contributed by atoms with Crippen LogP contribution in [0, 0.1) is 6.92 Å². The fourth-order valence-electron chi connectivity index (χ4n) is 3.46. The highest BCUT2D eigenvalue weighted by atomic mass is 16.2. The van der Waals surface area contributed by atoms with E-state index in [0.29, 0.717) is 0 Å². The van der Waals surface area contributed by atoms with Gasteiger partial charge in [-0.25, -0.2) is 0 Å². The van der Waals surface area contributed by atoms with E-state index in [-0.39, 0.29) is 17.9 Å². The third kappa shape index (κ3) is 2.41. The predicted octanol–water partition coefficient (Wildman–Crippen LogP) is 4.87. The van der Waals surface area contributed by atoms with Crippen LogP contribution < -0.4 is 4.90 Å². The van der Waals surface area contributed by atoms with Gasteiger partial charge in [-0.1, -0.05) is 78.4 Å². The lowest BCUT2D eigenvalue weighted by molar-refractivity contribution is -0.126. The van der Waals surface area contributed by atoms with E-state index >= 15 is 0 Å². The third-order valence-corrected chi connectivity index (χ3v) is 4.71. The van der Waals surface area contributed by atoms with Crippen LogP contribution in [0.2, 0.25) is 0 Å². The number of hydrogen-bond donors (Lipinski definition) is 0. The maximum absolute atomic E-state index is 13.0. The quantitative estimate of drug-likeness (QED) is 0.632. The van der Waals surface area contributed by atoms with Crippen LogP contribution in [0.15, 0.2) is 84.9 Å². The smallest absolute Gasteiger partial charge is 0.237 e. The van der Waals surface area contributed by atoms with Gasteiger partial charge in [0, 0.05) is 5.69 Å². The molecule has 0 radical (unpaired) electrons. The molecule has 1 heterocycles. The topological polar surface area (TPSA) is 20.3 Å². The summed E-state index contributed by atoms with van der Waals surface area (Å²) in [5.41, 5.74) is 4.43. The summed E-state index contributed by atoms with van der Waals surface area (Å²) in [7, 11) is 0. The second-order valence-corrected chi connectivity index (χ2v) is 6.29. The number of anilines is 1. The van der Waals surface area contributed by atoms with Gasteiger partial charge in [-0.05, 0) is 30.2 Å². The number of benzene rings is 3. The van der Waals surface area contributed by atoms with E-state index in [9.17, 15) is 4.79 Å². The Morgan fingerprint density at radius 2 is 1.29 bits per heavy atom. The maximum atomic E-state index is 13.0. The van der Waals surface area contributed by atoms with Gasteiger partial charge in [0.15, 0.2) is 0 Å². The molecule has 1 amide bonds. The van der Waals surface area contributed by atoms with E-state index in [0.717, 1.165) is 11.3 Å². The number of carbonyl (C=O) groups is 1. The molecule has 0 saturated carbocycles. The SMILES string of the molecule is Cc1ccc([C@@H]2C(=O)N(c3ccccc3)[C@@H]2c2ccccc2)cc1. The molecule has 0 spiro atoms. The largest absolute Gasteiger partial charge is 0.303 e. The van der Waals surface area contributed by atoms with Gasteiger partial charge in [0.1, 0.15) is 0 Å². The van der Waals surface area contributed by atoms with Crippen LogP contribution >= 0.6 is 0 Å².